The third-order valence-electron chi connectivity index (χ3n) is 5.47. The predicted octanol–water partition coefficient (Wildman–Crippen LogP) is 1.43. The molecular formula is C20H22F2N6O3. The number of alkyl halides is 2. The van der Waals surface area contributed by atoms with Gasteiger partial charge >= 0.3 is 0 Å². The normalized spacial score (nSPS) is 18.7. The lowest BCUT2D eigenvalue weighted by molar-refractivity contribution is -0.118. The summed E-state index contributed by atoms with van der Waals surface area (Å²) in [5.74, 6) is 1.60. The Morgan fingerprint density at radius 3 is 2.84 bits per heavy atom. The monoisotopic (exact) mass is 432 g/mol. The van der Waals surface area contributed by atoms with Gasteiger partial charge in [-0.1, -0.05) is 0 Å². The smallest absolute Gasteiger partial charge is 0.284 e. The highest BCUT2D eigenvalue weighted by atomic mass is 19.3. The molecule has 0 bridgehead atoms. The number of aromatic nitrogens is 2. The first kappa shape index (κ1) is 20.7. The first-order chi connectivity index (χ1) is 14.8. The number of ether oxygens (including phenoxy) is 1. The summed E-state index contributed by atoms with van der Waals surface area (Å²) in [6.45, 7) is 2.56. The highest BCUT2D eigenvalue weighted by Gasteiger charge is 2.40. The maximum Gasteiger partial charge on any atom is 0.284 e. The van der Waals surface area contributed by atoms with Crippen LogP contribution >= 0.6 is 0 Å². The van der Waals surface area contributed by atoms with Crippen molar-refractivity contribution in [3.05, 3.63) is 30.3 Å². The van der Waals surface area contributed by atoms with Gasteiger partial charge in [0.05, 0.1) is 0 Å². The van der Waals surface area contributed by atoms with Crippen molar-refractivity contribution in [3.63, 3.8) is 0 Å². The van der Waals surface area contributed by atoms with Crippen molar-refractivity contribution in [3.8, 4) is 11.4 Å². The topological polar surface area (TPSA) is 106 Å². The summed E-state index contributed by atoms with van der Waals surface area (Å²) < 4.78 is 33.9. The van der Waals surface area contributed by atoms with E-state index in [4.69, 9.17) is 10.5 Å². The maximum atomic E-state index is 13.5. The lowest BCUT2D eigenvalue weighted by Crippen LogP contribution is -2.36. The number of likely N-dealkylation sites (N-methyl/N-ethyl adjacent to an activating group) is 1. The number of nitrogens with zero attached hydrogens (tertiary/aromatic N) is 4. The summed E-state index contributed by atoms with van der Waals surface area (Å²) in [6, 6.07) is 3.68. The summed E-state index contributed by atoms with van der Waals surface area (Å²) in [7, 11) is 1.93. The van der Waals surface area contributed by atoms with Crippen LogP contribution in [0.15, 0.2) is 30.3 Å². The van der Waals surface area contributed by atoms with Crippen molar-refractivity contribution in [1.82, 2.24) is 9.55 Å². The standard InChI is InChI=1S/C20H22F2N6O3/c1-11(19(23)30)24-12-3-4-13-14(7-12)26(2)5-6-27-8-16(25-20(13)27)28-15(18(21)22)10-31-17(28)9-29/h3-4,7-8,11,15,18,24H,5-6,10H2,1-2H3,(H2,23,30)/t11-,15-/m0/s1. The second-order valence-corrected chi connectivity index (χ2v) is 7.53. The van der Waals surface area contributed by atoms with E-state index in [2.05, 4.69) is 10.3 Å². The molecular weight excluding hydrogens is 410 g/mol. The maximum absolute atomic E-state index is 13.5. The number of carbonyl (C=O) groups excluding carboxylic acids is 2. The molecule has 2 atom stereocenters. The van der Waals surface area contributed by atoms with Crippen LogP contribution in [0.2, 0.25) is 0 Å². The summed E-state index contributed by atoms with van der Waals surface area (Å²) in [5, 5.41) is 3.06. The van der Waals surface area contributed by atoms with Gasteiger partial charge in [-0.25, -0.2) is 18.6 Å². The van der Waals surface area contributed by atoms with E-state index >= 15 is 0 Å². The molecule has 1 aromatic heterocycles. The third kappa shape index (κ3) is 3.68. The van der Waals surface area contributed by atoms with E-state index in [1.54, 1.807) is 25.1 Å². The number of primary amides is 1. The van der Waals surface area contributed by atoms with Gasteiger partial charge in [0.2, 0.25) is 5.91 Å². The highest BCUT2D eigenvalue weighted by molar-refractivity contribution is 5.84. The van der Waals surface area contributed by atoms with Crippen LogP contribution in [0.1, 0.15) is 6.92 Å². The van der Waals surface area contributed by atoms with E-state index in [1.165, 1.54) is 0 Å². The number of nitrogens with two attached hydrogens (primary N) is 1. The molecule has 3 N–H and O–H groups in total. The Morgan fingerprint density at radius 1 is 1.39 bits per heavy atom. The number of nitrogens with one attached hydrogen (secondary N) is 1. The van der Waals surface area contributed by atoms with Gasteiger partial charge in [0.15, 0.2) is 11.8 Å². The largest absolute Gasteiger partial charge is 0.468 e. The molecule has 3 heterocycles. The zero-order valence-corrected chi connectivity index (χ0v) is 17.0. The van der Waals surface area contributed by atoms with E-state index in [0.29, 0.717) is 24.6 Å². The minimum absolute atomic E-state index is 0.205. The highest BCUT2D eigenvalue weighted by Crippen LogP contribution is 2.38. The van der Waals surface area contributed by atoms with Gasteiger partial charge in [0, 0.05) is 43.3 Å². The number of rotatable bonds is 5. The van der Waals surface area contributed by atoms with Gasteiger partial charge in [-0.05, 0) is 25.1 Å². The molecule has 4 rings (SSSR count). The molecule has 2 aliphatic heterocycles. The minimum atomic E-state index is -2.72. The van der Waals surface area contributed by atoms with E-state index in [9.17, 15) is 18.4 Å². The molecule has 31 heavy (non-hydrogen) atoms. The minimum Gasteiger partial charge on any atom is -0.468 e. The molecule has 2 aromatic rings. The Hall–Kier alpha value is -3.59. The number of anilines is 3. The fourth-order valence-corrected chi connectivity index (χ4v) is 3.73. The number of hydrogen-bond acceptors (Lipinski definition) is 7. The van der Waals surface area contributed by atoms with Crippen LogP contribution in [0.5, 0.6) is 0 Å². The Kier molecular flexibility index (Phi) is 5.28. The molecule has 1 saturated heterocycles. The average molecular weight is 432 g/mol. The van der Waals surface area contributed by atoms with Crippen molar-refractivity contribution >= 4 is 29.0 Å². The predicted molar refractivity (Wildman–Crippen MR) is 111 cm³/mol. The number of imidazole rings is 1. The van der Waals surface area contributed by atoms with Crippen LogP contribution in [0, 0.1) is 0 Å². The zero-order chi connectivity index (χ0) is 22.3. The lowest BCUT2D eigenvalue weighted by atomic mass is 10.1. The van der Waals surface area contributed by atoms with Crippen molar-refractivity contribution in [2.75, 3.05) is 35.3 Å². The van der Waals surface area contributed by atoms with Crippen molar-refractivity contribution < 1.29 is 23.1 Å². The molecule has 9 nitrogen and oxygen atoms in total. The van der Waals surface area contributed by atoms with Crippen LogP contribution in [0.25, 0.3) is 11.4 Å². The molecule has 0 aliphatic carbocycles. The van der Waals surface area contributed by atoms with Crippen LogP contribution in [-0.2, 0) is 20.9 Å². The zero-order valence-electron chi connectivity index (χ0n) is 17.0. The molecule has 0 saturated carbocycles. The number of benzene rings is 1. The summed E-state index contributed by atoms with van der Waals surface area (Å²) >= 11 is 0. The van der Waals surface area contributed by atoms with Gasteiger partial charge in [0.25, 0.3) is 12.3 Å². The lowest BCUT2D eigenvalue weighted by Gasteiger charge is -2.21. The Bertz CT molecular complexity index is 1070. The third-order valence-corrected chi connectivity index (χ3v) is 5.47. The van der Waals surface area contributed by atoms with Crippen molar-refractivity contribution in [2.45, 2.75) is 32.0 Å². The summed E-state index contributed by atoms with van der Waals surface area (Å²) in [6.07, 6.45) is -1.08. The number of hydrogen-bond donors (Lipinski definition) is 2. The number of fused-ring (bicyclic) bond motifs is 3. The molecule has 11 heteroatoms. The second-order valence-electron chi connectivity index (χ2n) is 7.53. The van der Waals surface area contributed by atoms with Gasteiger partial charge in [0.1, 0.15) is 24.5 Å². The molecule has 1 fully saturated rings. The van der Waals surface area contributed by atoms with E-state index in [-0.39, 0.29) is 18.3 Å². The van der Waals surface area contributed by atoms with Gasteiger partial charge in [-0.3, -0.25) is 9.69 Å². The molecule has 0 spiro atoms. The molecule has 1 amide bonds. The average Bonchev–Trinajstić information content (AvgIpc) is 3.33. The molecule has 0 unspecified atom stereocenters. The SMILES string of the molecule is C[C@H](Nc1ccc2c(c1)N(C)CCn1cc(N3C(=C=O)OC[C@H]3C(F)F)nc1-2)C(N)=O. The molecule has 0 radical (unpaired) electrons. The van der Waals surface area contributed by atoms with Crippen molar-refractivity contribution in [1.29, 1.82) is 0 Å². The van der Waals surface area contributed by atoms with E-state index in [0.717, 1.165) is 16.2 Å². The second kappa shape index (κ2) is 7.92. The van der Waals surface area contributed by atoms with Crippen molar-refractivity contribution in [2.24, 2.45) is 5.73 Å². The van der Waals surface area contributed by atoms with Gasteiger partial charge < -0.3 is 25.3 Å². The molecule has 164 valence electrons. The first-order valence-corrected chi connectivity index (χ1v) is 9.74. The van der Waals surface area contributed by atoms with Crippen LogP contribution < -0.4 is 20.9 Å². The number of amides is 1. The first-order valence-electron chi connectivity index (χ1n) is 9.74. The van der Waals surface area contributed by atoms with E-state index in [1.807, 2.05) is 28.6 Å². The fourth-order valence-electron chi connectivity index (χ4n) is 3.73. The Morgan fingerprint density at radius 2 is 2.16 bits per heavy atom. The number of carbonyl (C=O) groups is 1. The van der Waals surface area contributed by atoms with Crippen LogP contribution in [0.3, 0.4) is 0 Å². The van der Waals surface area contributed by atoms with Gasteiger partial charge in [-0.2, -0.15) is 0 Å². The van der Waals surface area contributed by atoms with E-state index < -0.39 is 24.4 Å². The van der Waals surface area contributed by atoms with Crippen LogP contribution in [-0.4, -0.2) is 60.1 Å². The molecule has 2 aliphatic rings. The molecule has 1 aromatic carbocycles. The number of halogens is 2. The summed E-state index contributed by atoms with van der Waals surface area (Å²) in [5.41, 5.74) is 7.69. The van der Waals surface area contributed by atoms with Crippen LogP contribution in [0.4, 0.5) is 26.0 Å². The summed E-state index contributed by atoms with van der Waals surface area (Å²) in [4.78, 5) is 30.3. The quantitative estimate of drug-likeness (QED) is 0.689. The fraction of sp³-hybridized carbons (Fsp3) is 0.400. The Labute approximate surface area is 177 Å². The van der Waals surface area contributed by atoms with Gasteiger partial charge in [-0.15, -0.1) is 0 Å². The Balaban J connectivity index is 1.75.